The highest BCUT2D eigenvalue weighted by molar-refractivity contribution is 6.32. The lowest BCUT2D eigenvalue weighted by molar-refractivity contribution is -0.384. The number of amides is 1. The van der Waals surface area contributed by atoms with Crippen LogP contribution >= 0.6 is 11.6 Å². The molecule has 7 heteroatoms. The first-order valence-corrected chi connectivity index (χ1v) is 5.36. The Hall–Kier alpha value is -1.66. The van der Waals surface area contributed by atoms with Crippen molar-refractivity contribution in [2.24, 2.45) is 5.73 Å². The molecule has 6 nitrogen and oxygen atoms in total. The van der Waals surface area contributed by atoms with Crippen molar-refractivity contribution in [3.63, 3.8) is 0 Å². The maximum absolute atomic E-state index is 11.6. The summed E-state index contributed by atoms with van der Waals surface area (Å²) in [4.78, 5) is 23.2. The van der Waals surface area contributed by atoms with Crippen molar-refractivity contribution in [2.75, 3.05) is 11.4 Å². The number of nitrogens with zero attached hydrogens (tertiary/aromatic N) is 2. The van der Waals surface area contributed by atoms with Crippen molar-refractivity contribution in [2.45, 2.75) is 12.5 Å². The Labute approximate surface area is 102 Å². The van der Waals surface area contributed by atoms with E-state index in [2.05, 4.69) is 0 Å². The van der Waals surface area contributed by atoms with E-state index >= 15 is 0 Å². The van der Waals surface area contributed by atoms with Gasteiger partial charge in [-0.15, -0.1) is 0 Å². The average molecular weight is 256 g/mol. The third-order valence-electron chi connectivity index (χ3n) is 2.59. The lowest BCUT2D eigenvalue weighted by atomic mass is 10.2. The third kappa shape index (κ3) is 2.22. The summed E-state index contributed by atoms with van der Waals surface area (Å²) in [5, 5.41) is 10.8. The Morgan fingerprint density at radius 3 is 2.76 bits per heavy atom. The fraction of sp³-hybridized carbons (Fsp3) is 0.300. The standard InChI is InChI=1S/C10H10ClN3O3/c11-8-2-1-7(4-9(8)14(16)17)13-5-6(12)3-10(13)15/h1-2,4,6H,3,5,12H2. The van der Waals surface area contributed by atoms with Crippen LogP contribution in [0.2, 0.25) is 5.02 Å². The molecule has 1 fully saturated rings. The lowest BCUT2D eigenvalue weighted by Gasteiger charge is -2.15. The Bertz CT molecular complexity index is 492. The summed E-state index contributed by atoms with van der Waals surface area (Å²) < 4.78 is 0. The minimum atomic E-state index is -0.577. The predicted octanol–water partition coefficient (Wildman–Crippen LogP) is 1.31. The number of hydrogen-bond acceptors (Lipinski definition) is 4. The fourth-order valence-corrected chi connectivity index (χ4v) is 1.98. The van der Waals surface area contributed by atoms with Crippen molar-refractivity contribution >= 4 is 28.9 Å². The van der Waals surface area contributed by atoms with Gasteiger partial charge in [-0.3, -0.25) is 14.9 Å². The molecule has 17 heavy (non-hydrogen) atoms. The molecule has 90 valence electrons. The minimum Gasteiger partial charge on any atom is -0.326 e. The number of anilines is 1. The zero-order valence-electron chi connectivity index (χ0n) is 8.80. The molecule has 1 amide bonds. The van der Waals surface area contributed by atoms with Gasteiger partial charge in [0.2, 0.25) is 5.91 Å². The van der Waals surface area contributed by atoms with Crippen molar-refractivity contribution in [3.05, 3.63) is 33.3 Å². The molecule has 0 saturated carbocycles. The second-order valence-corrected chi connectivity index (χ2v) is 4.27. The monoisotopic (exact) mass is 255 g/mol. The molecule has 1 aliphatic rings. The first-order valence-electron chi connectivity index (χ1n) is 4.99. The molecule has 1 saturated heterocycles. The van der Waals surface area contributed by atoms with E-state index in [1.165, 1.54) is 17.0 Å². The fourth-order valence-electron chi connectivity index (χ4n) is 1.79. The maximum atomic E-state index is 11.6. The van der Waals surface area contributed by atoms with Gasteiger partial charge in [-0.25, -0.2) is 0 Å². The van der Waals surface area contributed by atoms with Crippen molar-refractivity contribution in [1.82, 2.24) is 0 Å². The van der Waals surface area contributed by atoms with Crippen LogP contribution in [-0.2, 0) is 4.79 Å². The van der Waals surface area contributed by atoms with Gasteiger partial charge in [0.05, 0.1) is 10.6 Å². The van der Waals surface area contributed by atoms with E-state index in [9.17, 15) is 14.9 Å². The molecule has 1 unspecified atom stereocenters. The van der Waals surface area contributed by atoms with Gasteiger partial charge in [0.1, 0.15) is 5.02 Å². The SMILES string of the molecule is NC1CC(=O)N(c2ccc(Cl)c([N+](=O)[O-])c2)C1. The van der Waals surface area contributed by atoms with E-state index < -0.39 is 4.92 Å². The Morgan fingerprint density at radius 1 is 1.53 bits per heavy atom. The van der Waals surface area contributed by atoms with Gasteiger partial charge in [-0.05, 0) is 12.1 Å². The topological polar surface area (TPSA) is 89.5 Å². The summed E-state index contributed by atoms with van der Waals surface area (Å²) in [6.45, 7) is 0.373. The quantitative estimate of drug-likeness (QED) is 0.637. The van der Waals surface area contributed by atoms with Gasteiger partial charge >= 0.3 is 0 Å². The predicted molar refractivity (Wildman–Crippen MR) is 63.1 cm³/mol. The number of nitro groups is 1. The van der Waals surface area contributed by atoms with E-state index in [1.54, 1.807) is 6.07 Å². The number of carbonyl (C=O) groups is 1. The second-order valence-electron chi connectivity index (χ2n) is 3.86. The van der Waals surface area contributed by atoms with Gasteiger partial charge in [0.25, 0.3) is 5.69 Å². The van der Waals surface area contributed by atoms with Crippen LogP contribution in [0.15, 0.2) is 18.2 Å². The summed E-state index contributed by atoms with van der Waals surface area (Å²) in [5.74, 6) is -0.130. The first-order chi connectivity index (χ1) is 7.99. The second kappa shape index (κ2) is 4.31. The molecule has 1 heterocycles. The zero-order valence-corrected chi connectivity index (χ0v) is 9.55. The maximum Gasteiger partial charge on any atom is 0.289 e. The molecule has 1 aliphatic heterocycles. The number of nitro benzene ring substituents is 1. The smallest absolute Gasteiger partial charge is 0.289 e. The molecule has 2 N–H and O–H groups in total. The number of benzene rings is 1. The number of halogens is 1. The molecule has 0 spiro atoms. The van der Waals surface area contributed by atoms with E-state index in [4.69, 9.17) is 17.3 Å². The summed E-state index contributed by atoms with van der Waals surface area (Å²) >= 11 is 5.69. The van der Waals surface area contributed by atoms with Crippen LogP contribution in [0.4, 0.5) is 11.4 Å². The van der Waals surface area contributed by atoms with E-state index in [1.807, 2.05) is 0 Å². The van der Waals surface area contributed by atoms with E-state index in [0.29, 0.717) is 12.2 Å². The van der Waals surface area contributed by atoms with E-state index in [0.717, 1.165) is 0 Å². The number of carbonyl (C=O) groups excluding carboxylic acids is 1. The Kier molecular flexibility index (Phi) is 2.99. The zero-order chi connectivity index (χ0) is 12.6. The lowest BCUT2D eigenvalue weighted by Crippen LogP contribution is -2.27. The van der Waals surface area contributed by atoms with Crippen molar-refractivity contribution in [1.29, 1.82) is 0 Å². The largest absolute Gasteiger partial charge is 0.326 e. The van der Waals surface area contributed by atoms with Crippen LogP contribution in [0.5, 0.6) is 0 Å². The highest BCUT2D eigenvalue weighted by atomic mass is 35.5. The van der Waals surface area contributed by atoms with Crippen LogP contribution in [0, 0.1) is 10.1 Å². The number of rotatable bonds is 2. The van der Waals surface area contributed by atoms with Crippen molar-refractivity contribution < 1.29 is 9.72 Å². The minimum absolute atomic E-state index is 0.0506. The normalized spacial score (nSPS) is 19.8. The van der Waals surface area contributed by atoms with Crippen LogP contribution in [0.1, 0.15) is 6.42 Å². The van der Waals surface area contributed by atoms with Crippen LogP contribution in [-0.4, -0.2) is 23.4 Å². The molecule has 0 radical (unpaired) electrons. The summed E-state index contributed by atoms with van der Waals surface area (Å²) in [6.07, 6.45) is 0.260. The summed E-state index contributed by atoms with van der Waals surface area (Å²) in [7, 11) is 0. The molecule has 0 bridgehead atoms. The highest BCUT2D eigenvalue weighted by Crippen LogP contribution is 2.30. The molecule has 2 rings (SSSR count). The first kappa shape index (κ1) is 11.8. The molecule has 1 aromatic rings. The van der Waals surface area contributed by atoms with Crippen LogP contribution < -0.4 is 10.6 Å². The number of nitrogens with two attached hydrogens (primary N) is 1. The molecular formula is C10H10ClN3O3. The van der Waals surface area contributed by atoms with Crippen LogP contribution in [0.25, 0.3) is 0 Å². The Morgan fingerprint density at radius 2 is 2.24 bits per heavy atom. The van der Waals surface area contributed by atoms with Crippen LogP contribution in [0.3, 0.4) is 0 Å². The molecular weight excluding hydrogens is 246 g/mol. The number of hydrogen-bond donors (Lipinski definition) is 1. The van der Waals surface area contributed by atoms with Gasteiger partial charge in [-0.1, -0.05) is 11.6 Å². The summed E-state index contributed by atoms with van der Waals surface area (Å²) in [5.41, 5.74) is 5.90. The Balaban J connectivity index is 2.37. The van der Waals surface area contributed by atoms with Gasteiger partial charge in [-0.2, -0.15) is 0 Å². The van der Waals surface area contributed by atoms with Crippen molar-refractivity contribution in [3.8, 4) is 0 Å². The van der Waals surface area contributed by atoms with E-state index in [-0.39, 0.29) is 29.1 Å². The van der Waals surface area contributed by atoms with Gasteiger partial charge < -0.3 is 10.6 Å². The molecule has 0 aliphatic carbocycles. The highest BCUT2D eigenvalue weighted by Gasteiger charge is 2.29. The molecule has 0 aromatic heterocycles. The molecule has 1 atom stereocenters. The van der Waals surface area contributed by atoms with Gasteiger partial charge in [0.15, 0.2) is 0 Å². The average Bonchev–Trinajstić information content (AvgIpc) is 2.58. The molecule has 1 aromatic carbocycles. The van der Waals surface area contributed by atoms with Gasteiger partial charge in [0, 0.05) is 25.1 Å². The third-order valence-corrected chi connectivity index (χ3v) is 2.91. The summed E-state index contributed by atoms with van der Waals surface area (Å²) in [6, 6.07) is 4.05.